The second-order valence-corrected chi connectivity index (χ2v) is 6.42. The number of nitrogens with one attached hydrogen (secondary N) is 1. The molecule has 90 valence electrons. The van der Waals surface area contributed by atoms with Crippen LogP contribution in [0, 0.1) is 0 Å². The van der Waals surface area contributed by atoms with Crippen LogP contribution in [0.3, 0.4) is 0 Å². The van der Waals surface area contributed by atoms with Crippen molar-refractivity contribution in [3.8, 4) is 0 Å². The van der Waals surface area contributed by atoms with E-state index in [2.05, 4.69) is 17.1 Å². The number of hydrogen-bond acceptors (Lipinski definition) is 3. The zero-order chi connectivity index (χ0) is 9.97. The van der Waals surface area contributed by atoms with Gasteiger partial charge in [-0.25, -0.2) is 0 Å². The van der Waals surface area contributed by atoms with Crippen molar-refractivity contribution in [2.45, 2.75) is 31.1 Å². The molecule has 0 radical (unpaired) electrons. The van der Waals surface area contributed by atoms with Crippen LogP contribution in [0.1, 0.15) is 19.8 Å². The average molecular weight is 253 g/mol. The summed E-state index contributed by atoms with van der Waals surface area (Å²) in [5, 5.41) is 3.88. The second kappa shape index (κ2) is 6.18. The highest BCUT2D eigenvalue weighted by molar-refractivity contribution is 7.85. The van der Waals surface area contributed by atoms with Gasteiger partial charge in [-0.2, -0.15) is 0 Å². The molecule has 0 saturated carbocycles. The fraction of sp³-hybridized carbons (Fsp3) is 1.00. The molecule has 2 unspecified atom stereocenters. The summed E-state index contributed by atoms with van der Waals surface area (Å²) < 4.78 is 11.4. The quantitative estimate of drug-likeness (QED) is 0.782. The van der Waals surface area contributed by atoms with E-state index in [-0.39, 0.29) is 12.4 Å². The molecule has 0 bridgehead atoms. The largest absolute Gasteiger partial charge is 0.313 e. The lowest BCUT2D eigenvalue weighted by Crippen LogP contribution is -2.47. The topological polar surface area (TPSA) is 32.3 Å². The maximum absolute atomic E-state index is 11.4. The predicted octanol–water partition coefficient (Wildman–Crippen LogP) is 0.613. The van der Waals surface area contributed by atoms with E-state index in [0.717, 1.165) is 25.4 Å². The van der Waals surface area contributed by atoms with Crippen LogP contribution >= 0.6 is 12.4 Å². The smallest absolute Gasteiger partial charge is 0.0447 e. The molecule has 0 spiro atoms. The summed E-state index contributed by atoms with van der Waals surface area (Å²) >= 11 is 0. The molecule has 0 aromatic heterocycles. The molecule has 15 heavy (non-hydrogen) atoms. The van der Waals surface area contributed by atoms with Crippen molar-refractivity contribution < 1.29 is 4.21 Å². The Kier molecular flexibility index (Phi) is 5.53. The SMILES string of the molecule is CC1CN(C[C@@H]2CCCN2)CCS1=O.Cl. The van der Waals surface area contributed by atoms with E-state index in [9.17, 15) is 4.21 Å². The number of hydrogen-bond donors (Lipinski definition) is 1. The third kappa shape index (κ3) is 3.70. The van der Waals surface area contributed by atoms with Crippen molar-refractivity contribution in [3.63, 3.8) is 0 Å². The van der Waals surface area contributed by atoms with Gasteiger partial charge in [-0.15, -0.1) is 12.4 Å². The molecule has 0 aliphatic carbocycles. The zero-order valence-electron chi connectivity index (χ0n) is 9.28. The summed E-state index contributed by atoms with van der Waals surface area (Å²) in [6, 6.07) is 0.689. The average Bonchev–Trinajstić information content (AvgIpc) is 2.64. The lowest BCUT2D eigenvalue weighted by atomic mass is 10.2. The van der Waals surface area contributed by atoms with Gasteiger partial charge in [0.05, 0.1) is 0 Å². The predicted molar refractivity (Wildman–Crippen MR) is 67.2 cm³/mol. The van der Waals surface area contributed by atoms with Crippen LogP contribution in [0.15, 0.2) is 0 Å². The molecule has 2 fully saturated rings. The van der Waals surface area contributed by atoms with Gasteiger partial charge in [0.15, 0.2) is 0 Å². The molecule has 2 aliphatic heterocycles. The highest BCUT2D eigenvalue weighted by Gasteiger charge is 2.25. The van der Waals surface area contributed by atoms with Crippen LogP contribution in [0.2, 0.25) is 0 Å². The Hall–Kier alpha value is 0.360. The van der Waals surface area contributed by atoms with Gasteiger partial charge in [-0.1, -0.05) is 0 Å². The number of halogens is 1. The molecule has 0 aromatic rings. The van der Waals surface area contributed by atoms with Crippen LogP contribution < -0.4 is 5.32 Å². The molecule has 0 amide bonds. The molecule has 2 rings (SSSR count). The molecule has 3 atom stereocenters. The van der Waals surface area contributed by atoms with Gasteiger partial charge in [0.2, 0.25) is 0 Å². The molecule has 2 heterocycles. The Morgan fingerprint density at radius 1 is 1.53 bits per heavy atom. The summed E-state index contributed by atoms with van der Waals surface area (Å²) in [7, 11) is -0.571. The standard InChI is InChI=1S/C10H20N2OS.ClH/c1-9-7-12(5-6-14(9)13)8-10-3-2-4-11-10;/h9-11H,2-8H2,1H3;1H/t9?,10-,14?;/m0./s1. The molecular formula is C10H21ClN2OS. The van der Waals surface area contributed by atoms with Gasteiger partial charge in [0.25, 0.3) is 0 Å². The Balaban J connectivity index is 0.00000112. The van der Waals surface area contributed by atoms with Gasteiger partial charge in [0, 0.05) is 47.5 Å². The van der Waals surface area contributed by atoms with E-state index in [1.165, 1.54) is 19.4 Å². The van der Waals surface area contributed by atoms with Crippen molar-refractivity contribution >= 4 is 23.2 Å². The highest BCUT2D eigenvalue weighted by atomic mass is 35.5. The summed E-state index contributed by atoms with van der Waals surface area (Å²) in [6.07, 6.45) is 2.63. The Labute approximate surface area is 101 Å². The lowest BCUT2D eigenvalue weighted by molar-refractivity contribution is 0.257. The molecule has 5 heteroatoms. The third-order valence-electron chi connectivity index (χ3n) is 3.21. The molecule has 1 N–H and O–H groups in total. The van der Waals surface area contributed by atoms with Crippen molar-refractivity contribution in [2.24, 2.45) is 0 Å². The van der Waals surface area contributed by atoms with Gasteiger partial charge >= 0.3 is 0 Å². The van der Waals surface area contributed by atoms with E-state index >= 15 is 0 Å². The van der Waals surface area contributed by atoms with Crippen molar-refractivity contribution in [2.75, 3.05) is 31.9 Å². The first kappa shape index (κ1) is 13.4. The Bertz CT molecular complexity index is 221. The first-order valence-electron chi connectivity index (χ1n) is 5.58. The Morgan fingerprint density at radius 3 is 2.93 bits per heavy atom. The minimum Gasteiger partial charge on any atom is -0.313 e. The van der Waals surface area contributed by atoms with Crippen molar-refractivity contribution in [1.29, 1.82) is 0 Å². The molecule has 0 aromatic carbocycles. The van der Waals surface area contributed by atoms with E-state index in [4.69, 9.17) is 0 Å². The fourth-order valence-corrected chi connectivity index (χ4v) is 3.57. The minimum atomic E-state index is -0.571. The summed E-state index contributed by atoms with van der Waals surface area (Å²) in [4.78, 5) is 2.47. The molecule has 3 nitrogen and oxygen atoms in total. The van der Waals surface area contributed by atoms with Gasteiger partial charge in [-0.3, -0.25) is 9.11 Å². The zero-order valence-corrected chi connectivity index (χ0v) is 10.9. The summed E-state index contributed by atoms with van der Waals surface area (Å²) in [6.45, 7) is 6.48. The van der Waals surface area contributed by atoms with Crippen LogP contribution in [0.5, 0.6) is 0 Å². The second-order valence-electron chi connectivity index (χ2n) is 4.45. The van der Waals surface area contributed by atoms with Crippen LogP contribution in [-0.2, 0) is 10.8 Å². The fourth-order valence-electron chi connectivity index (χ4n) is 2.35. The molecular weight excluding hydrogens is 232 g/mol. The van der Waals surface area contributed by atoms with Crippen LogP contribution in [0.4, 0.5) is 0 Å². The van der Waals surface area contributed by atoms with E-state index in [0.29, 0.717) is 11.3 Å². The normalized spacial score (nSPS) is 37.5. The van der Waals surface area contributed by atoms with Gasteiger partial charge < -0.3 is 5.32 Å². The third-order valence-corrected chi connectivity index (χ3v) is 4.85. The van der Waals surface area contributed by atoms with Gasteiger partial charge in [-0.05, 0) is 26.3 Å². The van der Waals surface area contributed by atoms with E-state index < -0.39 is 10.8 Å². The molecule has 2 saturated heterocycles. The minimum absolute atomic E-state index is 0. The first-order valence-corrected chi connectivity index (χ1v) is 6.97. The van der Waals surface area contributed by atoms with Gasteiger partial charge in [0.1, 0.15) is 0 Å². The van der Waals surface area contributed by atoms with Crippen LogP contribution in [-0.4, -0.2) is 52.3 Å². The highest BCUT2D eigenvalue weighted by Crippen LogP contribution is 2.12. The number of nitrogens with zero attached hydrogens (tertiary/aromatic N) is 1. The summed E-state index contributed by atoms with van der Waals surface area (Å²) in [5.41, 5.74) is 0. The lowest BCUT2D eigenvalue weighted by Gasteiger charge is -2.32. The van der Waals surface area contributed by atoms with E-state index in [1.54, 1.807) is 0 Å². The Morgan fingerprint density at radius 2 is 2.33 bits per heavy atom. The summed E-state index contributed by atoms with van der Waals surface area (Å²) in [5.74, 6) is 0.869. The van der Waals surface area contributed by atoms with Crippen LogP contribution in [0.25, 0.3) is 0 Å². The first-order chi connectivity index (χ1) is 6.75. The van der Waals surface area contributed by atoms with E-state index in [1.807, 2.05) is 0 Å². The number of rotatable bonds is 2. The molecule has 2 aliphatic rings. The van der Waals surface area contributed by atoms with Crippen molar-refractivity contribution in [1.82, 2.24) is 10.2 Å². The maximum Gasteiger partial charge on any atom is 0.0447 e. The van der Waals surface area contributed by atoms with Crippen molar-refractivity contribution in [3.05, 3.63) is 0 Å². The maximum atomic E-state index is 11.4. The monoisotopic (exact) mass is 252 g/mol.